The first-order chi connectivity index (χ1) is 8.66. The summed E-state index contributed by atoms with van der Waals surface area (Å²) < 4.78 is 0.450. The van der Waals surface area contributed by atoms with Crippen LogP contribution in [0.25, 0.3) is 0 Å². The molecule has 0 radical (unpaired) electrons. The lowest BCUT2D eigenvalue weighted by Gasteiger charge is -1.97. The predicted molar refractivity (Wildman–Crippen MR) is 72.3 cm³/mol. The van der Waals surface area contributed by atoms with Gasteiger partial charge in [-0.3, -0.25) is 20.1 Å². The number of nitro groups is 1. The van der Waals surface area contributed by atoms with Crippen molar-refractivity contribution in [3.8, 4) is 0 Å². The Labute approximate surface area is 111 Å². The number of aliphatic imine (C=N–C) groups is 1. The molecule has 0 aliphatic carbocycles. The Bertz CT molecular complexity index is 600. The lowest BCUT2D eigenvalue weighted by molar-refractivity contribution is -0.385. The van der Waals surface area contributed by atoms with Crippen molar-refractivity contribution in [1.82, 2.24) is 4.98 Å². The van der Waals surface area contributed by atoms with Crippen LogP contribution in [0.4, 0.5) is 11.4 Å². The second-order valence-electron chi connectivity index (χ2n) is 3.44. The van der Waals surface area contributed by atoms with Gasteiger partial charge in [0.1, 0.15) is 0 Å². The summed E-state index contributed by atoms with van der Waals surface area (Å²) in [5.41, 5.74) is 1.38. The van der Waals surface area contributed by atoms with Gasteiger partial charge in [0.2, 0.25) is 0 Å². The fourth-order valence-electron chi connectivity index (χ4n) is 1.33. The third kappa shape index (κ3) is 2.98. The lowest BCUT2D eigenvalue weighted by atomic mass is 10.2. The molecule has 0 atom stereocenters. The minimum atomic E-state index is -0.439. The topological polar surface area (TPSA) is 68.4 Å². The number of pyridine rings is 1. The molecule has 0 saturated carbocycles. The monoisotopic (exact) mass is 305 g/mol. The van der Waals surface area contributed by atoms with Crippen LogP contribution in [0.2, 0.25) is 0 Å². The molecule has 0 aliphatic rings. The number of rotatable bonds is 3. The molecule has 0 bridgehead atoms. The molecule has 1 aromatic carbocycles. The minimum Gasteiger partial charge on any atom is -0.262 e. The van der Waals surface area contributed by atoms with E-state index in [9.17, 15) is 10.1 Å². The first kappa shape index (κ1) is 12.4. The maximum absolute atomic E-state index is 10.8. The zero-order valence-corrected chi connectivity index (χ0v) is 10.7. The first-order valence-electron chi connectivity index (χ1n) is 5.05. The highest BCUT2D eigenvalue weighted by Gasteiger charge is 2.11. The van der Waals surface area contributed by atoms with Gasteiger partial charge in [0, 0.05) is 18.5 Å². The van der Waals surface area contributed by atoms with Crippen molar-refractivity contribution in [1.29, 1.82) is 0 Å². The Balaban J connectivity index is 2.28. The molecule has 90 valence electrons. The van der Waals surface area contributed by atoms with Crippen molar-refractivity contribution >= 4 is 33.5 Å². The van der Waals surface area contributed by atoms with E-state index in [-0.39, 0.29) is 5.69 Å². The standard InChI is InChI=1S/C12H8BrN3O2/c13-11-4-3-9(6-12(11)16(17)18)7-15-10-2-1-5-14-8-10/h1-8H. The predicted octanol–water partition coefficient (Wildman–Crippen LogP) is 3.50. The van der Waals surface area contributed by atoms with Crippen LogP contribution in [-0.2, 0) is 0 Å². The number of aromatic nitrogens is 1. The Morgan fingerprint density at radius 1 is 1.39 bits per heavy atom. The summed E-state index contributed by atoms with van der Waals surface area (Å²) in [6, 6.07) is 8.41. The van der Waals surface area contributed by atoms with Crippen LogP contribution in [0.1, 0.15) is 5.56 Å². The molecule has 0 fully saturated rings. The minimum absolute atomic E-state index is 0.0186. The Morgan fingerprint density at radius 3 is 2.89 bits per heavy atom. The highest BCUT2D eigenvalue weighted by Crippen LogP contribution is 2.25. The molecule has 0 N–H and O–H groups in total. The molecule has 1 heterocycles. The van der Waals surface area contributed by atoms with Crippen molar-refractivity contribution < 1.29 is 4.92 Å². The molecule has 2 rings (SSSR count). The number of hydrogen-bond acceptors (Lipinski definition) is 4. The van der Waals surface area contributed by atoms with Crippen LogP contribution >= 0.6 is 15.9 Å². The van der Waals surface area contributed by atoms with Crippen LogP contribution in [0.15, 0.2) is 52.2 Å². The molecule has 0 spiro atoms. The fraction of sp³-hybridized carbons (Fsp3) is 0. The summed E-state index contributed by atoms with van der Waals surface area (Å²) in [6.07, 6.45) is 4.84. The van der Waals surface area contributed by atoms with Gasteiger partial charge < -0.3 is 0 Å². The van der Waals surface area contributed by atoms with Gasteiger partial charge in [-0.1, -0.05) is 6.07 Å². The molecular formula is C12H8BrN3O2. The third-order valence-electron chi connectivity index (χ3n) is 2.18. The van der Waals surface area contributed by atoms with E-state index < -0.39 is 4.92 Å². The third-order valence-corrected chi connectivity index (χ3v) is 2.85. The molecule has 2 aromatic rings. The van der Waals surface area contributed by atoms with Crippen LogP contribution in [0.5, 0.6) is 0 Å². The molecule has 6 heteroatoms. The van der Waals surface area contributed by atoms with Gasteiger partial charge >= 0.3 is 0 Å². The number of nitrogens with zero attached hydrogens (tertiary/aromatic N) is 3. The Morgan fingerprint density at radius 2 is 2.22 bits per heavy atom. The molecule has 0 aliphatic heterocycles. The van der Waals surface area contributed by atoms with E-state index in [1.54, 1.807) is 42.9 Å². The number of hydrogen-bond donors (Lipinski definition) is 0. The Kier molecular flexibility index (Phi) is 3.78. The smallest absolute Gasteiger partial charge is 0.262 e. The second-order valence-corrected chi connectivity index (χ2v) is 4.29. The summed E-state index contributed by atoms with van der Waals surface area (Å²) in [5.74, 6) is 0. The lowest BCUT2D eigenvalue weighted by Crippen LogP contribution is -1.91. The van der Waals surface area contributed by atoms with Gasteiger partial charge in [0.15, 0.2) is 0 Å². The highest BCUT2D eigenvalue weighted by atomic mass is 79.9. The molecule has 0 saturated heterocycles. The van der Waals surface area contributed by atoms with Gasteiger partial charge in [0.25, 0.3) is 5.69 Å². The number of halogens is 1. The largest absolute Gasteiger partial charge is 0.284 e. The zero-order valence-electron chi connectivity index (χ0n) is 9.15. The molecule has 1 aromatic heterocycles. The number of benzene rings is 1. The van der Waals surface area contributed by atoms with Crippen molar-refractivity contribution in [2.75, 3.05) is 0 Å². The normalized spacial score (nSPS) is 10.7. The summed E-state index contributed by atoms with van der Waals surface area (Å²) >= 11 is 3.13. The van der Waals surface area contributed by atoms with Crippen LogP contribution < -0.4 is 0 Å². The summed E-state index contributed by atoms with van der Waals surface area (Å²) in [7, 11) is 0. The van der Waals surface area contributed by atoms with Gasteiger partial charge in [0.05, 0.1) is 21.3 Å². The van der Waals surface area contributed by atoms with Gasteiger partial charge in [-0.25, -0.2) is 0 Å². The maximum Gasteiger partial charge on any atom is 0.284 e. The SMILES string of the molecule is O=[N+]([O-])c1cc(C=Nc2cccnc2)ccc1Br. The van der Waals surface area contributed by atoms with Gasteiger partial charge in [-0.2, -0.15) is 0 Å². The van der Waals surface area contributed by atoms with Crippen LogP contribution in [0, 0.1) is 10.1 Å². The Hall–Kier alpha value is -2.08. The van der Waals surface area contributed by atoms with E-state index in [1.807, 2.05) is 0 Å². The van der Waals surface area contributed by atoms with E-state index in [1.165, 1.54) is 6.07 Å². The highest BCUT2D eigenvalue weighted by molar-refractivity contribution is 9.10. The van der Waals surface area contributed by atoms with Crippen molar-refractivity contribution in [3.05, 3.63) is 62.9 Å². The van der Waals surface area contributed by atoms with E-state index in [0.717, 1.165) is 0 Å². The summed E-state index contributed by atoms with van der Waals surface area (Å²) in [4.78, 5) is 18.4. The van der Waals surface area contributed by atoms with Gasteiger partial charge in [-0.15, -0.1) is 0 Å². The average molecular weight is 306 g/mol. The van der Waals surface area contributed by atoms with Crippen molar-refractivity contribution in [2.45, 2.75) is 0 Å². The summed E-state index contributed by atoms with van der Waals surface area (Å²) in [6.45, 7) is 0. The first-order valence-corrected chi connectivity index (χ1v) is 5.84. The average Bonchev–Trinajstić information content (AvgIpc) is 2.38. The fourth-order valence-corrected chi connectivity index (χ4v) is 1.72. The van der Waals surface area contributed by atoms with Crippen LogP contribution in [0.3, 0.4) is 0 Å². The van der Waals surface area contributed by atoms with Crippen LogP contribution in [-0.4, -0.2) is 16.1 Å². The van der Waals surface area contributed by atoms with E-state index >= 15 is 0 Å². The summed E-state index contributed by atoms with van der Waals surface area (Å²) in [5, 5.41) is 10.8. The van der Waals surface area contributed by atoms with Gasteiger partial charge in [-0.05, 0) is 39.7 Å². The van der Waals surface area contributed by atoms with Crippen molar-refractivity contribution in [3.63, 3.8) is 0 Å². The molecular weight excluding hydrogens is 298 g/mol. The van der Waals surface area contributed by atoms with E-state index in [2.05, 4.69) is 25.9 Å². The number of nitro benzene ring substituents is 1. The molecule has 0 amide bonds. The molecule has 0 unspecified atom stereocenters. The zero-order chi connectivity index (χ0) is 13.0. The quantitative estimate of drug-likeness (QED) is 0.495. The second kappa shape index (κ2) is 5.50. The van der Waals surface area contributed by atoms with Crippen molar-refractivity contribution in [2.24, 2.45) is 4.99 Å². The van der Waals surface area contributed by atoms with E-state index in [4.69, 9.17) is 0 Å². The molecule has 18 heavy (non-hydrogen) atoms. The van der Waals surface area contributed by atoms with E-state index in [0.29, 0.717) is 15.7 Å². The maximum atomic E-state index is 10.8. The molecule has 5 nitrogen and oxygen atoms in total.